The number of rotatable bonds is 5. The van der Waals surface area contributed by atoms with E-state index in [1.807, 2.05) is 0 Å². The Kier molecular flexibility index (Phi) is 5.39. The van der Waals surface area contributed by atoms with Crippen LogP contribution in [0.2, 0.25) is 0 Å². The lowest BCUT2D eigenvalue weighted by Crippen LogP contribution is -2.27. The molecule has 1 aliphatic rings. The largest absolute Gasteiger partial charge is 0.504 e. The Bertz CT molecular complexity index is 910. The second kappa shape index (κ2) is 7.72. The van der Waals surface area contributed by atoms with Crippen LogP contribution in [-0.4, -0.2) is 21.9 Å². The molecular weight excluding hydrogens is 373 g/mol. The summed E-state index contributed by atoms with van der Waals surface area (Å²) in [6.07, 6.45) is 3.24. The highest BCUT2D eigenvalue weighted by molar-refractivity contribution is 8.27. The number of halogens is 1. The Morgan fingerprint density at radius 3 is 2.69 bits per heavy atom. The van der Waals surface area contributed by atoms with Gasteiger partial charge < -0.3 is 9.84 Å². The van der Waals surface area contributed by atoms with Crippen LogP contribution in [0.3, 0.4) is 0 Å². The van der Waals surface area contributed by atoms with Crippen LogP contribution in [-0.2, 0) is 4.79 Å². The normalized spacial score (nSPS) is 15.6. The van der Waals surface area contributed by atoms with Gasteiger partial charge in [0.2, 0.25) is 0 Å². The van der Waals surface area contributed by atoms with Crippen molar-refractivity contribution < 1.29 is 19.0 Å². The fraction of sp³-hybridized carbons (Fsp3) is 0.0526. The van der Waals surface area contributed by atoms with Gasteiger partial charge in [0.15, 0.2) is 15.8 Å². The van der Waals surface area contributed by atoms with E-state index in [0.29, 0.717) is 26.2 Å². The molecule has 0 bridgehead atoms. The number of carbonyl (C=O) groups excluding carboxylic acids is 1. The summed E-state index contributed by atoms with van der Waals surface area (Å²) in [4.78, 5) is 14.5. The van der Waals surface area contributed by atoms with E-state index in [1.165, 1.54) is 35.2 Å². The fourth-order valence-corrected chi connectivity index (χ4v) is 3.62. The van der Waals surface area contributed by atoms with Gasteiger partial charge in [-0.05, 0) is 48.0 Å². The molecule has 0 aliphatic carbocycles. The summed E-state index contributed by atoms with van der Waals surface area (Å²) in [5.41, 5.74) is 1.19. The molecule has 0 spiro atoms. The van der Waals surface area contributed by atoms with Gasteiger partial charge in [0.25, 0.3) is 5.91 Å². The first kappa shape index (κ1) is 18.2. The van der Waals surface area contributed by atoms with Gasteiger partial charge in [0.1, 0.15) is 12.4 Å². The average Bonchev–Trinajstić information content (AvgIpc) is 2.90. The number of aromatic hydroxyl groups is 1. The number of amides is 1. The van der Waals surface area contributed by atoms with Crippen LogP contribution in [0.4, 0.5) is 10.1 Å². The predicted molar refractivity (Wildman–Crippen MR) is 106 cm³/mol. The summed E-state index contributed by atoms with van der Waals surface area (Å²) in [7, 11) is 0. The molecule has 4 nitrogen and oxygen atoms in total. The third kappa shape index (κ3) is 3.79. The fourth-order valence-electron chi connectivity index (χ4n) is 2.32. The molecule has 0 aromatic heterocycles. The summed E-state index contributed by atoms with van der Waals surface area (Å²) in [5.74, 6) is -0.366. The Morgan fingerprint density at radius 2 is 2.00 bits per heavy atom. The number of hydrogen-bond donors (Lipinski definition) is 1. The summed E-state index contributed by atoms with van der Waals surface area (Å²) >= 11 is 6.45. The summed E-state index contributed by atoms with van der Waals surface area (Å²) in [5, 5.41) is 9.82. The quantitative estimate of drug-likeness (QED) is 0.465. The maximum absolute atomic E-state index is 13.1. The third-order valence-corrected chi connectivity index (χ3v) is 4.82. The SMILES string of the molecule is C=CCOc1cc(/C=C2\SC(=S)N(c3ccc(F)cc3)C2=O)ccc1O. The summed E-state index contributed by atoms with van der Waals surface area (Å²) in [6.45, 7) is 3.82. The Morgan fingerprint density at radius 1 is 1.27 bits per heavy atom. The van der Waals surface area contributed by atoms with Crippen LogP contribution >= 0.6 is 24.0 Å². The highest BCUT2D eigenvalue weighted by atomic mass is 32.2. The molecule has 26 heavy (non-hydrogen) atoms. The predicted octanol–water partition coefficient (Wildman–Crippen LogP) is 4.50. The second-order valence-corrected chi connectivity index (χ2v) is 7.00. The number of phenols is 1. The minimum absolute atomic E-state index is 0.00265. The van der Waals surface area contributed by atoms with Gasteiger partial charge in [-0.3, -0.25) is 9.69 Å². The third-order valence-electron chi connectivity index (χ3n) is 3.52. The molecule has 2 aromatic rings. The van der Waals surface area contributed by atoms with E-state index >= 15 is 0 Å². The number of thioether (sulfide) groups is 1. The van der Waals surface area contributed by atoms with E-state index in [4.69, 9.17) is 17.0 Å². The van der Waals surface area contributed by atoms with Crippen LogP contribution < -0.4 is 9.64 Å². The average molecular weight is 387 g/mol. The van der Waals surface area contributed by atoms with Gasteiger partial charge in [-0.2, -0.15) is 0 Å². The molecule has 7 heteroatoms. The standard InChI is InChI=1S/C19H14FNO3S2/c1-2-9-24-16-10-12(3-8-15(16)22)11-17-18(23)21(19(25)26-17)14-6-4-13(20)5-7-14/h2-8,10-11,22H,1,9H2/b17-11-. The number of hydrogen-bond acceptors (Lipinski definition) is 5. The van der Waals surface area contributed by atoms with Crippen molar-refractivity contribution in [3.05, 3.63) is 71.4 Å². The lowest BCUT2D eigenvalue weighted by Gasteiger charge is -2.14. The van der Waals surface area contributed by atoms with Gasteiger partial charge in [0, 0.05) is 0 Å². The molecule has 1 aliphatic heterocycles. The molecule has 0 radical (unpaired) electrons. The smallest absolute Gasteiger partial charge is 0.270 e. The van der Waals surface area contributed by atoms with Crippen molar-refractivity contribution in [3.63, 3.8) is 0 Å². The first-order valence-electron chi connectivity index (χ1n) is 7.60. The van der Waals surface area contributed by atoms with Crippen LogP contribution in [0.25, 0.3) is 6.08 Å². The number of carbonyl (C=O) groups is 1. The molecule has 2 aromatic carbocycles. The maximum atomic E-state index is 13.1. The van der Waals surface area contributed by atoms with Gasteiger partial charge >= 0.3 is 0 Å². The summed E-state index contributed by atoms with van der Waals surface area (Å²) < 4.78 is 18.8. The summed E-state index contributed by atoms with van der Waals surface area (Å²) in [6, 6.07) is 10.4. The Hall–Kier alpha value is -2.64. The van der Waals surface area contributed by atoms with Crippen molar-refractivity contribution in [1.29, 1.82) is 0 Å². The highest BCUT2D eigenvalue weighted by Gasteiger charge is 2.33. The number of ether oxygens (including phenoxy) is 1. The molecule has 1 fully saturated rings. The zero-order valence-electron chi connectivity index (χ0n) is 13.5. The van der Waals surface area contributed by atoms with E-state index in [-0.39, 0.29) is 24.1 Å². The molecule has 0 unspecified atom stereocenters. The number of phenolic OH excluding ortho intramolecular Hbond substituents is 1. The molecule has 132 valence electrons. The number of nitrogens with zero attached hydrogens (tertiary/aromatic N) is 1. The second-order valence-electron chi connectivity index (χ2n) is 5.32. The van der Waals surface area contributed by atoms with Crippen molar-refractivity contribution in [2.45, 2.75) is 0 Å². The maximum Gasteiger partial charge on any atom is 0.270 e. The number of anilines is 1. The Labute approximate surface area is 159 Å². The molecular formula is C19H14FNO3S2. The van der Waals surface area contributed by atoms with Crippen molar-refractivity contribution in [2.24, 2.45) is 0 Å². The zero-order valence-corrected chi connectivity index (χ0v) is 15.1. The molecule has 1 N–H and O–H groups in total. The van der Waals surface area contributed by atoms with Gasteiger partial charge in [0.05, 0.1) is 10.6 Å². The lowest BCUT2D eigenvalue weighted by atomic mass is 10.2. The molecule has 1 saturated heterocycles. The van der Waals surface area contributed by atoms with E-state index < -0.39 is 0 Å². The van der Waals surface area contributed by atoms with Crippen LogP contribution in [0.15, 0.2) is 60.0 Å². The lowest BCUT2D eigenvalue weighted by molar-refractivity contribution is -0.113. The topological polar surface area (TPSA) is 49.8 Å². The van der Waals surface area contributed by atoms with Gasteiger partial charge in [-0.1, -0.05) is 42.7 Å². The van der Waals surface area contributed by atoms with Gasteiger partial charge in [-0.25, -0.2) is 4.39 Å². The first-order chi connectivity index (χ1) is 12.5. The van der Waals surface area contributed by atoms with E-state index in [1.54, 1.807) is 24.3 Å². The first-order valence-corrected chi connectivity index (χ1v) is 8.82. The van der Waals surface area contributed by atoms with Crippen LogP contribution in [0.1, 0.15) is 5.56 Å². The minimum Gasteiger partial charge on any atom is -0.504 e. The number of benzene rings is 2. The monoisotopic (exact) mass is 387 g/mol. The highest BCUT2D eigenvalue weighted by Crippen LogP contribution is 2.37. The van der Waals surface area contributed by atoms with Crippen molar-refractivity contribution in [1.82, 2.24) is 0 Å². The molecule has 1 amide bonds. The Balaban J connectivity index is 1.88. The molecule has 0 atom stereocenters. The zero-order chi connectivity index (χ0) is 18.7. The van der Waals surface area contributed by atoms with E-state index in [9.17, 15) is 14.3 Å². The molecule has 3 rings (SSSR count). The molecule has 0 saturated carbocycles. The van der Waals surface area contributed by atoms with Crippen LogP contribution in [0.5, 0.6) is 11.5 Å². The van der Waals surface area contributed by atoms with E-state index in [2.05, 4.69) is 6.58 Å². The van der Waals surface area contributed by atoms with Crippen molar-refractivity contribution in [3.8, 4) is 11.5 Å². The molecule has 1 heterocycles. The van der Waals surface area contributed by atoms with Crippen molar-refractivity contribution >= 4 is 46.0 Å². The number of thiocarbonyl (C=S) groups is 1. The minimum atomic E-state index is -0.383. The van der Waals surface area contributed by atoms with Crippen molar-refractivity contribution in [2.75, 3.05) is 11.5 Å². The van der Waals surface area contributed by atoms with E-state index in [0.717, 1.165) is 11.8 Å². The van der Waals surface area contributed by atoms with Gasteiger partial charge in [-0.15, -0.1) is 0 Å². The van der Waals surface area contributed by atoms with Crippen LogP contribution in [0, 0.1) is 5.82 Å².